The van der Waals surface area contributed by atoms with Crippen LogP contribution in [-0.2, 0) is 4.79 Å². The molecule has 92 valence electrons. The maximum atomic E-state index is 13.5. The van der Waals surface area contributed by atoms with Gasteiger partial charge in [-0.2, -0.15) is 0 Å². The SMILES string of the molecule is Cc1ccc(F)c(NC(=O)C2CCNCC2)c1. The highest BCUT2D eigenvalue weighted by Crippen LogP contribution is 2.19. The molecular weight excluding hydrogens is 219 g/mol. The Morgan fingerprint density at radius 1 is 1.41 bits per heavy atom. The summed E-state index contributed by atoms with van der Waals surface area (Å²) < 4.78 is 13.5. The van der Waals surface area contributed by atoms with Gasteiger partial charge in [-0.15, -0.1) is 0 Å². The number of rotatable bonds is 2. The van der Waals surface area contributed by atoms with E-state index in [1.807, 2.05) is 6.92 Å². The maximum Gasteiger partial charge on any atom is 0.227 e. The van der Waals surface area contributed by atoms with Crippen LogP contribution in [0, 0.1) is 18.7 Å². The van der Waals surface area contributed by atoms with E-state index >= 15 is 0 Å². The first-order chi connectivity index (χ1) is 8.16. The van der Waals surface area contributed by atoms with Crippen molar-refractivity contribution < 1.29 is 9.18 Å². The van der Waals surface area contributed by atoms with Crippen molar-refractivity contribution in [2.75, 3.05) is 18.4 Å². The topological polar surface area (TPSA) is 41.1 Å². The summed E-state index contributed by atoms with van der Waals surface area (Å²) in [5.74, 6) is -0.454. The number of hydrogen-bond acceptors (Lipinski definition) is 2. The van der Waals surface area contributed by atoms with Gasteiger partial charge in [-0.25, -0.2) is 4.39 Å². The number of benzene rings is 1. The molecule has 0 saturated carbocycles. The van der Waals surface area contributed by atoms with Crippen LogP contribution in [0.25, 0.3) is 0 Å². The van der Waals surface area contributed by atoms with E-state index in [2.05, 4.69) is 10.6 Å². The highest BCUT2D eigenvalue weighted by Gasteiger charge is 2.21. The van der Waals surface area contributed by atoms with Gasteiger partial charge in [-0.3, -0.25) is 4.79 Å². The van der Waals surface area contributed by atoms with Crippen LogP contribution in [0.15, 0.2) is 18.2 Å². The van der Waals surface area contributed by atoms with Crippen LogP contribution in [0.3, 0.4) is 0 Å². The molecule has 17 heavy (non-hydrogen) atoms. The molecular formula is C13H17FN2O. The van der Waals surface area contributed by atoms with Crippen LogP contribution in [0.1, 0.15) is 18.4 Å². The van der Waals surface area contributed by atoms with Crippen molar-refractivity contribution in [3.8, 4) is 0 Å². The van der Waals surface area contributed by atoms with Gasteiger partial charge in [0.15, 0.2) is 0 Å². The largest absolute Gasteiger partial charge is 0.323 e. The first-order valence-corrected chi connectivity index (χ1v) is 5.94. The van der Waals surface area contributed by atoms with E-state index in [0.717, 1.165) is 31.5 Å². The van der Waals surface area contributed by atoms with Crippen molar-refractivity contribution in [1.29, 1.82) is 0 Å². The lowest BCUT2D eigenvalue weighted by molar-refractivity contribution is -0.120. The van der Waals surface area contributed by atoms with E-state index in [-0.39, 0.29) is 23.3 Å². The minimum absolute atomic E-state index is 0.00355. The fraction of sp³-hybridized carbons (Fsp3) is 0.462. The number of piperidine rings is 1. The smallest absolute Gasteiger partial charge is 0.227 e. The minimum Gasteiger partial charge on any atom is -0.323 e. The highest BCUT2D eigenvalue weighted by molar-refractivity contribution is 5.92. The molecule has 1 saturated heterocycles. The summed E-state index contributed by atoms with van der Waals surface area (Å²) in [5, 5.41) is 5.88. The lowest BCUT2D eigenvalue weighted by atomic mass is 9.97. The molecule has 0 aromatic heterocycles. The quantitative estimate of drug-likeness (QED) is 0.825. The molecule has 2 rings (SSSR count). The fourth-order valence-corrected chi connectivity index (χ4v) is 2.05. The summed E-state index contributed by atoms with van der Waals surface area (Å²) in [7, 11) is 0. The summed E-state index contributed by atoms with van der Waals surface area (Å²) in [5.41, 5.74) is 1.22. The highest BCUT2D eigenvalue weighted by atomic mass is 19.1. The van der Waals surface area contributed by atoms with E-state index in [0.29, 0.717) is 0 Å². The number of carbonyl (C=O) groups is 1. The molecule has 0 radical (unpaired) electrons. The second kappa shape index (κ2) is 5.27. The Kier molecular flexibility index (Phi) is 3.74. The summed E-state index contributed by atoms with van der Waals surface area (Å²) in [6.07, 6.45) is 1.64. The monoisotopic (exact) mass is 236 g/mol. The van der Waals surface area contributed by atoms with Gasteiger partial charge in [0.1, 0.15) is 5.82 Å². The van der Waals surface area contributed by atoms with E-state index in [1.165, 1.54) is 6.07 Å². The van der Waals surface area contributed by atoms with Crippen molar-refractivity contribution in [2.24, 2.45) is 5.92 Å². The van der Waals surface area contributed by atoms with Gasteiger partial charge in [0, 0.05) is 5.92 Å². The van der Waals surface area contributed by atoms with Crippen molar-refractivity contribution in [2.45, 2.75) is 19.8 Å². The van der Waals surface area contributed by atoms with Crippen LogP contribution >= 0.6 is 0 Å². The second-order valence-electron chi connectivity index (χ2n) is 4.50. The normalized spacial score (nSPS) is 16.8. The van der Waals surface area contributed by atoms with Gasteiger partial charge in [0.25, 0.3) is 0 Å². The molecule has 1 amide bonds. The number of aryl methyl sites for hydroxylation is 1. The molecule has 3 nitrogen and oxygen atoms in total. The van der Waals surface area contributed by atoms with E-state index < -0.39 is 0 Å². The Bertz CT molecular complexity index is 414. The third kappa shape index (κ3) is 3.03. The first-order valence-electron chi connectivity index (χ1n) is 5.94. The summed E-state index contributed by atoms with van der Waals surface area (Å²) in [4.78, 5) is 11.9. The zero-order valence-electron chi connectivity index (χ0n) is 9.92. The van der Waals surface area contributed by atoms with E-state index in [9.17, 15) is 9.18 Å². The molecule has 1 aliphatic heterocycles. The third-order valence-electron chi connectivity index (χ3n) is 3.09. The minimum atomic E-state index is -0.377. The second-order valence-corrected chi connectivity index (χ2v) is 4.50. The first kappa shape index (κ1) is 12.0. The number of nitrogens with one attached hydrogen (secondary N) is 2. The van der Waals surface area contributed by atoms with Crippen LogP contribution in [-0.4, -0.2) is 19.0 Å². The lowest BCUT2D eigenvalue weighted by Crippen LogP contribution is -2.34. The van der Waals surface area contributed by atoms with Crippen molar-refractivity contribution >= 4 is 11.6 Å². The van der Waals surface area contributed by atoms with Gasteiger partial charge in [0.2, 0.25) is 5.91 Å². The number of amides is 1. The van der Waals surface area contributed by atoms with Crippen molar-refractivity contribution in [3.05, 3.63) is 29.6 Å². The summed E-state index contributed by atoms with van der Waals surface area (Å²) >= 11 is 0. The van der Waals surface area contributed by atoms with Crippen molar-refractivity contribution in [1.82, 2.24) is 5.32 Å². The number of hydrogen-bond donors (Lipinski definition) is 2. The third-order valence-corrected chi connectivity index (χ3v) is 3.09. The van der Waals surface area contributed by atoms with Gasteiger partial charge < -0.3 is 10.6 Å². The van der Waals surface area contributed by atoms with Crippen molar-refractivity contribution in [3.63, 3.8) is 0 Å². The molecule has 0 aliphatic carbocycles. The molecule has 1 fully saturated rings. The number of halogens is 1. The Labute approximate surface area is 100 Å². The molecule has 0 unspecified atom stereocenters. The van der Waals surface area contributed by atoms with Gasteiger partial charge >= 0.3 is 0 Å². The summed E-state index contributed by atoms with van der Waals surface area (Å²) in [6.45, 7) is 3.59. The van der Waals surface area contributed by atoms with Crippen LogP contribution < -0.4 is 10.6 Å². The van der Waals surface area contributed by atoms with Crippen LogP contribution in [0.5, 0.6) is 0 Å². The average Bonchev–Trinajstić information content (AvgIpc) is 2.35. The predicted molar refractivity (Wildman–Crippen MR) is 65.4 cm³/mol. The Morgan fingerprint density at radius 2 is 2.12 bits per heavy atom. The fourth-order valence-electron chi connectivity index (χ4n) is 2.05. The average molecular weight is 236 g/mol. The standard InChI is InChI=1S/C13H17FN2O/c1-9-2-3-11(14)12(8-9)16-13(17)10-4-6-15-7-5-10/h2-3,8,10,15H,4-7H2,1H3,(H,16,17). The van der Waals surface area contributed by atoms with E-state index in [4.69, 9.17) is 0 Å². The van der Waals surface area contributed by atoms with Crippen LogP contribution in [0.2, 0.25) is 0 Å². The zero-order valence-corrected chi connectivity index (χ0v) is 9.92. The predicted octanol–water partition coefficient (Wildman–Crippen LogP) is 2.07. The van der Waals surface area contributed by atoms with Gasteiger partial charge in [-0.1, -0.05) is 6.07 Å². The van der Waals surface area contributed by atoms with Gasteiger partial charge in [0.05, 0.1) is 5.69 Å². The lowest BCUT2D eigenvalue weighted by Gasteiger charge is -2.21. The molecule has 2 N–H and O–H groups in total. The molecule has 4 heteroatoms. The molecule has 0 spiro atoms. The maximum absolute atomic E-state index is 13.5. The van der Waals surface area contributed by atoms with Gasteiger partial charge in [-0.05, 0) is 50.6 Å². The van der Waals surface area contributed by atoms with Crippen LogP contribution in [0.4, 0.5) is 10.1 Å². The van der Waals surface area contributed by atoms with E-state index in [1.54, 1.807) is 12.1 Å². The number of carbonyl (C=O) groups excluding carboxylic acids is 1. The Hall–Kier alpha value is -1.42. The Morgan fingerprint density at radius 3 is 2.82 bits per heavy atom. The molecule has 1 aliphatic rings. The molecule has 0 bridgehead atoms. The Balaban J connectivity index is 2.04. The molecule has 1 aromatic rings. The molecule has 0 atom stereocenters. The molecule has 1 heterocycles. The zero-order chi connectivity index (χ0) is 12.3. The molecule has 1 aromatic carbocycles. The number of anilines is 1. The summed E-state index contributed by atoms with van der Waals surface area (Å²) in [6, 6.07) is 4.73.